The first-order valence-electron chi connectivity index (χ1n) is 18.8. The first-order chi connectivity index (χ1) is 26.6. The lowest BCUT2D eigenvalue weighted by atomic mass is 9.96. The molecule has 300 valence electrons. The van der Waals surface area contributed by atoms with E-state index >= 15 is 0 Å². The number of carbonyl (C=O) groups is 2. The molecule has 5 rings (SSSR count). The summed E-state index contributed by atoms with van der Waals surface area (Å²) in [6, 6.07) is 16.0. The van der Waals surface area contributed by atoms with Crippen LogP contribution in [0.3, 0.4) is 0 Å². The monoisotopic (exact) mass is 801 g/mol. The minimum Gasteiger partial charge on any atom is -0.490 e. The van der Waals surface area contributed by atoms with Crippen LogP contribution < -0.4 is 10.1 Å². The number of amides is 2. The second-order valence-electron chi connectivity index (χ2n) is 13.8. The van der Waals surface area contributed by atoms with Gasteiger partial charge in [-0.1, -0.05) is 29.8 Å². The van der Waals surface area contributed by atoms with Crippen LogP contribution in [0.5, 0.6) is 5.75 Å². The van der Waals surface area contributed by atoms with Gasteiger partial charge in [0, 0.05) is 53.1 Å². The number of halogens is 1. The number of nitrogens with one attached hydrogen (secondary N) is 1. The first-order valence-corrected chi connectivity index (χ1v) is 20.2. The van der Waals surface area contributed by atoms with Crippen LogP contribution in [0.25, 0.3) is 11.1 Å². The number of rotatable bonds is 23. The Morgan fingerprint density at radius 2 is 1.78 bits per heavy atom. The number of alkyl carbamates (subject to hydrolysis) is 1. The van der Waals surface area contributed by atoms with Crippen molar-refractivity contribution in [1.82, 2.24) is 15.2 Å². The molecule has 15 heteroatoms. The number of unbranched alkanes of at least 4 members (excludes halogenated alkanes) is 1. The van der Waals surface area contributed by atoms with Crippen LogP contribution in [-0.4, -0.2) is 117 Å². The number of aliphatic hydroxyl groups is 5. The molecule has 13 nitrogen and oxygen atoms in total. The van der Waals surface area contributed by atoms with Gasteiger partial charge in [-0.25, -0.2) is 4.79 Å². The lowest BCUT2D eigenvalue weighted by Gasteiger charge is -2.30. The highest BCUT2D eigenvalue weighted by molar-refractivity contribution is 7.99. The Labute approximate surface area is 331 Å². The summed E-state index contributed by atoms with van der Waals surface area (Å²) in [4.78, 5) is 31.6. The van der Waals surface area contributed by atoms with Crippen molar-refractivity contribution in [3.63, 3.8) is 0 Å². The molecule has 4 unspecified atom stereocenters. The summed E-state index contributed by atoms with van der Waals surface area (Å²) >= 11 is 8.29. The van der Waals surface area contributed by atoms with Crippen LogP contribution in [0.4, 0.5) is 4.79 Å². The minimum absolute atomic E-state index is 0.143. The van der Waals surface area contributed by atoms with Crippen LogP contribution in [-0.2, 0) is 26.5 Å². The molecule has 2 aliphatic carbocycles. The number of carbonyl (C=O) groups excluding carboxylic acids is 2. The fraction of sp³-hybridized carbons (Fsp3) is 0.525. The summed E-state index contributed by atoms with van der Waals surface area (Å²) in [7, 11) is 0. The van der Waals surface area contributed by atoms with Crippen molar-refractivity contribution in [3.8, 4) is 16.9 Å². The van der Waals surface area contributed by atoms with Crippen LogP contribution >= 0.6 is 23.4 Å². The van der Waals surface area contributed by atoms with Gasteiger partial charge < -0.3 is 50.0 Å². The number of benzene rings is 2. The van der Waals surface area contributed by atoms with Crippen molar-refractivity contribution in [2.45, 2.75) is 99.5 Å². The quantitative estimate of drug-likeness (QED) is 0.0586. The standard InChI is InChI=1S/C40H52ClN3O10S/c1-2-52-39(51)43-17-7-20-44(38(50)37(49)36(48)35(47)33(46)24-45)19-5-6-21-55-28-12-13-32(41)26(22-28)25-53-40(15-16-40)31-23-42-18-14-29(31)30-8-3-4-9-34(30)54-27-10-11-27/h3-4,8-9,12-14,18,22-23,27,33,35-37,45-49H,2,5-7,10-11,15-17,19-21,24-25H2,1H3,(H,43,51). The fourth-order valence-corrected chi connectivity index (χ4v) is 7.29. The Morgan fingerprint density at radius 1 is 1.02 bits per heavy atom. The molecule has 3 aromatic rings. The molecule has 55 heavy (non-hydrogen) atoms. The molecular formula is C40H52ClN3O10S. The molecular weight excluding hydrogens is 750 g/mol. The van der Waals surface area contributed by atoms with Gasteiger partial charge in [-0.2, -0.15) is 0 Å². The van der Waals surface area contributed by atoms with Gasteiger partial charge in [-0.15, -0.1) is 11.8 Å². The maximum Gasteiger partial charge on any atom is 0.407 e. The second-order valence-corrected chi connectivity index (χ2v) is 15.4. The number of aliphatic hydroxyl groups excluding tert-OH is 5. The van der Waals surface area contributed by atoms with Gasteiger partial charge in [-0.05, 0) is 99.1 Å². The van der Waals surface area contributed by atoms with Crippen molar-refractivity contribution < 1.29 is 49.3 Å². The van der Waals surface area contributed by atoms with Crippen LogP contribution in [0, 0.1) is 0 Å². The zero-order valence-corrected chi connectivity index (χ0v) is 32.6. The summed E-state index contributed by atoms with van der Waals surface area (Å²) in [6.07, 6.45) is 1.15. The third-order valence-corrected chi connectivity index (χ3v) is 11.0. The van der Waals surface area contributed by atoms with E-state index in [1.54, 1.807) is 24.9 Å². The van der Waals surface area contributed by atoms with Crippen molar-refractivity contribution in [2.75, 3.05) is 38.6 Å². The van der Waals surface area contributed by atoms with Gasteiger partial charge in [0.2, 0.25) is 0 Å². The number of hydrogen-bond acceptors (Lipinski definition) is 12. The molecule has 4 atom stereocenters. The average Bonchev–Trinajstić information content (AvgIpc) is 4.15. The highest BCUT2D eigenvalue weighted by Crippen LogP contribution is 2.53. The third-order valence-electron chi connectivity index (χ3n) is 9.59. The predicted octanol–water partition coefficient (Wildman–Crippen LogP) is 4.42. The molecule has 6 N–H and O–H groups in total. The molecule has 0 radical (unpaired) electrons. The Hall–Kier alpha value is -3.47. The summed E-state index contributed by atoms with van der Waals surface area (Å²) < 4.78 is 17.7. The summed E-state index contributed by atoms with van der Waals surface area (Å²) in [5.74, 6) is 0.743. The Bertz CT molecular complexity index is 1710. The molecule has 1 aromatic heterocycles. The summed E-state index contributed by atoms with van der Waals surface area (Å²) in [6.45, 7) is 1.94. The average molecular weight is 802 g/mol. The molecule has 2 aliphatic rings. The van der Waals surface area contributed by atoms with E-state index in [2.05, 4.69) is 16.4 Å². The normalized spacial score (nSPS) is 16.8. The van der Waals surface area contributed by atoms with E-state index in [1.165, 1.54) is 4.90 Å². The second kappa shape index (κ2) is 20.6. The summed E-state index contributed by atoms with van der Waals surface area (Å²) in [5.41, 5.74) is 3.52. The highest BCUT2D eigenvalue weighted by atomic mass is 35.5. The van der Waals surface area contributed by atoms with E-state index in [-0.39, 0.29) is 32.3 Å². The maximum atomic E-state index is 13.2. The van der Waals surface area contributed by atoms with Gasteiger partial charge in [0.15, 0.2) is 6.10 Å². The molecule has 0 bridgehead atoms. The van der Waals surface area contributed by atoms with Gasteiger partial charge in [0.05, 0.1) is 31.5 Å². The maximum absolute atomic E-state index is 13.2. The molecule has 2 saturated carbocycles. The molecule has 0 spiro atoms. The highest BCUT2D eigenvalue weighted by Gasteiger charge is 2.48. The molecule has 2 amide bonds. The lowest BCUT2D eigenvalue weighted by molar-refractivity contribution is -0.158. The van der Waals surface area contributed by atoms with Crippen LogP contribution in [0.15, 0.2) is 65.8 Å². The minimum atomic E-state index is -2.03. The Balaban J connectivity index is 1.15. The van der Waals surface area contributed by atoms with E-state index in [0.29, 0.717) is 36.6 Å². The summed E-state index contributed by atoms with van der Waals surface area (Å²) in [5, 5.41) is 52.9. The van der Waals surface area contributed by atoms with Gasteiger partial charge >= 0.3 is 6.09 Å². The molecule has 1 heterocycles. The number of pyridine rings is 1. The van der Waals surface area contributed by atoms with Gasteiger partial charge in [0.25, 0.3) is 5.91 Å². The van der Waals surface area contributed by atoms with E-state index in [4.69, 9.17) is 30.9 Å². The number of ether oxygens (including phenoxy) is 3. The first kappa shape index (κ1) is 42.7. The lowest BCUT2D eigenvalue weighted by Crippen LogP contribution is -2.53. The molecule has 2 fully saturated rings. The van der Waals surface area contributed by atoms with Crippen LogP contribution in [0.1, 0.15) is 63.0 Å². The molecule has 2 aromatic carbocycles. The molecule has 0 saturated heterocycles. The van der Waals surface area contributed by atoms with E-state index in [1.807, 2.05) is 48.7 Å². The predicted molar refractivity (Wildman–Crippen MR) is 208 cm³/mol. The van der Waals surface area contributed by atoms with Gasteiger partial charge in [0.1, 0.15) is 24.1 Å². The third kappa shape index (κ3) is 12.0. The number of nitrogens with zero attached hydrogens (tertiary/aromatic N) is 2. The number of hydrogen-bond donors (Lipinski definition) is 6. The van der Waals surface area contributed by atoms with E-state index in [9.17, 15) is 30.0 Å². The van der Waals surface area contributed by atoms with Crippen molar-refractivity contribution in [1.29, 1.82) is 0 Å². The largest absolute Gasteiger partial charge is 0.490 e. The van der Waals surface area contributed by atoms with E-state index < -0.39 is 48.6 Å². The smallest absolute Gasteiger partial charge is 0.407 e. The van der Waals surface area contributed by atoms with Gasteiger partial charge in [-0.3, -0.25) is 9.78 Å². The topological polar surface area (TPSA) is 191 Å². The zero-order chi connectivity index (χ0) is 39.4. The van der Waals surface area contributed by atoms with Crippen molar-refractivity contribution in [2.24, 2.45) is 0 Å². The Kier molecular flexibility index (Phi) is 16.0. The number of para-hydroxylation sites is 1. The van der Waals surface area contributed by atoms with Crippen LogP contribution in [0.2, 0.25) is 5.02 Å². The fourth-order valence-electron chi connectivity index (χ4n) is 6.15. The number of aromatic nitrogens is 1. The zero-order valence-electron chi connectivity index (χ0n) is 31.0. The Morgan fingerprint density at radius 3 is 2.51 bits per heavy atom. The molecule has 0 aliphatic heterocycles. The van der Waals surface area contributed by atoms with Crippen molar-refractivity contribution >= 4 is 35.4 Å². The van der Waals surface area contributed by atoms with Crippen molar-refractivity contribution in [3.05, 3.63) is 77.1 Å². The number of thioether (sulfide) groups is 1. The van der Waals surface area contributed by atoms with E-state index in [0.717, 1.165) is 58.6 Å². The SMILES string of the molecule is CCOC(=O)NCCCN(CCCCSc1ccc(Cl)c(COC2(c3cnccc3-c3ccccc3OC3CC3)CC2)c1)C(=O)C(O)C(O)C(O)C(O)CO.